The maximum Gasteiger partial charge on any atom is 0.262 e. The maximum absolute atomic E-state index is 12.4. The lowest BCUT2D eigenvalue weighted by Gasteiger charge is -2.10. The van der Waals surface area contributed by atoms with Crippen molar-refractivity contribution in [2.24, 2.45) is 4.99 Å². The summed E-state index contributed by atoms with van der Waals surface area (Å²) in [5, 5.41) is 2.75. The molecule has 1 aliphatic heterocycles. The minimum atomic E-state index is -3.63. The molecule has 0 saturated carbocycles. The van der Waals surface area contributed by atoms with Crippen LogP contribution >= 0.6 is 11.8 Å². The number of amides is 1. The molecule has 0 spiro atoms. The first-order chi connectivity index (χ1) is 11.5. The van der Waals surface area contributed by atoms with Crippen LogP contribution in [0.15, 0.2) is 34.2 Å². The predicted octanol–water partition coefficient (Wildman–Crippen LogP) is 2.63. The molecule has 1 amide bonds. The molecule has 24 heavy (non-hydrogen) atoms. The second-order valence-electron chi connectivity index (χ2n) is 5.56. The fourth-order valence-corrected chi connectivity index (χ4v) is 3.79. The molecule has 1 heterocycles. The number of nitrogens with zero attached hydrogens (tertiary/aromatic N) is 1. The zero-order valence-electron chi connectivity index (χ0n) is 13.7. The number of aliphatic imine (C=N–C) groups is 1. The van der Waals surface area contributed by atoms with Gasteiger partial charge in [-0.2, -0.15) is 11.8 Å². The lowest BCUT2D eigenvalue weighted by Crippen LogP contribution is -2.30. The lowest BCUT2D eigenvalue weighted by atomic mass is 10.2. The Kier molecular flexibility index (Phi) is 7.11. The van der Waals surface area contributed by atoms with Gasteiger partial charge in [0.25, 0.3) is 10.0 Å². The van der Waals surface area contributed by atoms with Gasteiger partial charge < -0.3 is 5.32 Å². The molecule has 6 nitrogen and oxygen atoms in total. The zero-order chi connectivity index (χ0) is 17.4. The number of anilines is 1. The molecule has 1 aliphatic rings. The number of thioether (sulfide) groups is 1. The minimum Gasteiger partial charge on any atom is -0.326 e. The Labute approximate surface area is 147 Å². The Bertz CT molecular complexity index is 685. The van der Waals surface area contributed by atoms with E-state index < -0.39 is 10.0 Å². The minimum absolute atomic E-state index is 0.0779. The van der Waals surface area contributed by atoms with Gasteiger partial charge in [0.05, 0.1) is 4.90 Å². The number of sulfonamides is 1. The van der Waals surface area contributed by atoms with Gasteiger partial charge in [-0.3, -0.25) is 14.5 Å². The molecule has 0 aliphatic carbocycles. The molecule has 0 radical (unpaired) electrons. The first-order valence-electron chi connectivity index (χ1n) is 7.96. The van der Waals surface area contributed by atoms with Gasteiger partial charge in [0.1, 0.15) is 5.84 Å². The molecule has 132 valence electrons. The summed E-state index contributed by atoms with van der Waals surface area (Å²) in [6.07, 6.45) is 6.04. The third-order valence-corrected chi connectivity index (χ3v) is 5.62. The van der Waals surface area contributed by atoms with Crippen molar-refractivity contribution in [1.82, 2.24) is 4.72 Å². The van der Waals surface area contributed by atoms with Gasteiger partial charge in [-0.05, 0) is 43.4 Å². The summed E-state index contributed by atoms with van der Waals surface area (Å²) in [7, 11) is -3.63. The van der Waals surface area contributed by atoms with E-state index in [1.54, 1.807) is 23.9 Å². The van der Waals surface area contributed by atoms with Crippen molar-refractivity contribution >= 4 is 39.2 Å². The van der Waals surface area contributed by atoms with E-state index in [0.717, 1.165) is 25.0 Å². The summed E-state index contributed by atoms with van der Waals surface area (Å²) in [6, 6.07) is 6.18. The highest BCUT2D eigenvalue weighted by molar-refractivity contribution is 7.98. The Morgan fingerprint density at radius 2 is 1.96 bits per heavy atom. The highest BCUT2D eigenvalue weighted by Crippen LogP contribution is 2.15. The Balaban J connectivity index is 2.00. The van der Waals surface area contributed by atoms with E-state index in [4.69, 9.17) is 0 Å². The second kappa shape index (κ2) is 9.08. The van der Waals surface area contributed by atoms with Crippen LogP contribution in [0.1, 0.15) is 32.1 Å². The number of rotatable bonds is 6. The molecule has 2 N–H and O–H groups in total. The number of benzene rings is 1. The molecular formula is C16H23N3O3S2. The summed E-state index contributed by atoms with van der Waals surface area (Å²) in [4.78, 5) is 16.1. The Hall–Kier alpha value is -1.54. The Morgan fingerprint density at radius 1 is 1.21 bits per heavy atom. The van der Waals surface area contributed by atoms with Crippen LogP contribution in [0.4, 0.5) is 5.69 Å². The highest BCUT2D eigenvalue weighted by Gasteiger charge is 2.17. The average Bonchev–Trinajstić information content (AvgIpc) is 2.81. The second-order valence-corrected chi connectivity index (χ2v) is 8.23. The quantitative estimate of drug-likeness (QED) is 0.807. The van der Waals surface area contributed by atoms with Crippen LogP contribution in [0, 0.1) is 0 Å². The van der Waals surface area contributed by atoms with E-state index in [9.17, 15) is 13.2 Å². The standard InChI is InChI=1S/C16H23N3O3S2/c1-23-12-10-16(20)18-13-6-8-14(9-7-13)24(21,22)19-15-5-3-2-4-11-17-15/h6-9H,2-5,10-12H2,1H3,(H,17,19)(H,18,20). The van der Waals surface area contributed by atoms with Crippen LogP contribution in [0.3, 0.4) is 0 Å². The molecule has 0 atom stereocenters. The average molecular weight is 370 g/mol. The first-order valence-corrected chi connectivity index (χ1v) is 10.8. The van der Waals surface area contributed by atoms with E-state index in [-0.39, 0.29) is 10.8 Å². The number of nitrogens with one attached hydrogen (secondary N) is 2. The summed E-state index contributed by atoms with van der Waals surface area (Å²) < 4.78 is 27.4. The van der Waals surface area contributed by atoms with Crippen LogP contribution in [-0.4, -0.2) is 38.7 Å². The lowest BCUT2D eigenvalue weighted by molar-refractivity contribution is -0.115. The molecule has 0 fully saturated rings. The number of carbonyl (C=O) groups is 1. The van der Waals surface area contributed by atoms with Crippen LogP contribution in [0.25, 0.3) is 0 Å². The van der Waals surface area contributed by atoms with Crippen molar-refractivity contribution in [3.63, 3.8) is 0 Å². The maximum atomic E-state index is 12.4. The fraction of sp³-hybridized carbons (Fsp3) is 0.500. The van der Waals surface area contributed by atoms with Crippen molar-refractivity contribution in [1.29, 1.82) is 0 Å². The van der Waals surface area contributed by atoms with Gasteiger partial charge in [-0.1, -0.05) is 6.42 Å². The fourth-order valence-electron chi connectivity index (χ4n) is 2.31. The molecule has 1 aromatic carbocycles. The molecule has 0 saturated heterocycles. The van der Waals surface area contributed by atoms with E-state index in [1.165, 1.54) is 12.1 Å². The number of hydrogen-bond acceptors (Lipinski definition) is 5. The summed E-state index contributed by atoms with van der Waals surface area (Å²) >= 11 is 1.60. The van der Waals surface area contributed by atoms with Crippen LogP contribution in [0.2, 0.25) is 0 Å². The summed E-state index contributed by atoms with van der Waals surface area (Å²) in [6.45, 7) is 0.666. The Morgan fingerprint density at radius 3 is 2.67 bits per heavy atom. The van der Waals surface area contributed by atoms with Crippen LogP contribution < -0.4 is 10.0 Å². The summed E-state index contributed by atoms with van der Waals surface area (Å²) in [5.41, 5.74) is 0.590. The van der Waals surface area contributed by atoms with Gasteiger partial charge in [0, 0.05) is 30.8 Å². The molecule has 0 aromatic heterocycles. The van der Waals surface area contributed by atoms with E-state index in [0.29, 0.717) is 30.9 Å². The third kappa shape index (κ3) is 5.83. The van der Waals surface area contributed by atoms with Crippen LogP contribution in [0.5, 0.6) is 0 Å². The predicted molar refractivity (Wildman–Crippen MR) is 99.2 cm³/mol. The monoisotopic (exact) mass is 369 g/mol. The van der Waals surface area contributed by atoms with E-state index in [1.807, 2.05) is 6.26 Å². The van der Waals surface area contributed by atoms with Crippen LogP contribution in [-0.2, 0) is 14.8 Å². The van der Waals surface area contributed by atoms with Crippen molar-refractivity contribution in [2.45, 2.75) is 37.0 Å². The molecule has 1 aromatic rings. The summed E-state index contributed by atoms with van der Waals surface area (Å²) in [5.74, 6) is 1.21. The van der Waals surface area contributed by atoms with Crippen molar-refractivity contribution in [2.75, 3.05) is 23.9 Å². The van der Waals surface area contributed by atoms with Gasteiger partial charge in [0.15, 0.2) is 0 Å². The molecule has 2 rings (SSSR count). The van der Waals surface area contributed by atoms with Gasteiger partial charge in [0.2, 0.25) is 5.91 Å². The normalized spacial score (nSPS) is 15.3. The largest absolute Gasteiger partial charge is 0.326 e. The van der Waals surface area contributed by atoms with E-state index >= 15 is 0 Å². The molecule has 8 heteroatoms. The SMILES string of the molecule is CSCCC(=O)Nc1ccc(S(=O)(=O)NC2=NCCCCC2)cc1. The zero-order valence-corrected chi connectivity index (χ0v) is 15.4. The smallest absolute Gasteiger partial charge is 0.262 e. The highest BCUT2D eigenvalue weighted by atomic mass is 32.2. The van der Waals surface area contributed by atoms with Crippen molar-refractivity contribution in [3.05, 3.63) is 24.3 Å². The number of hydrogen-bond donors (Lipinski definition) is 2. The van der Waals surface area contributed by atoms with Crippen molar-refractivity contribution in [3.8, 4) is 0 Å². The molecule has 0 unspecified atom stereocenters. The van der Waals surface area contributed by atoms with Gasteiger partial charge >= 0.3 is 0 Å². The van der Waals surface area contributed by atoms with Crippen molar-refractivity contribution < 1.29 is 13.2 Å². The van der Waals surface area contributed by atoms with Gasteiger partial charge in [-0.25, -0.2) is 8.42 Å². The number of carbonyl (C=O) groups excluding carboxylic acids is 1. The molecule has 0 bridgehead atoms. The van der Waals surface area contributed by atoms with E-state index in [2.05, 4.69) is 15.0 Å². The number of amidine groups is 1. The van der Waals surface area contributed by atoms with Gasteiger partial charge in [-0.15, -0.1) is 0 Å². The first kappa shape index (κ1) is 18.8. The third-order valence-electron chi connectivity index (χ3n) is 3.61. The topological polar surface area (TPSA) is 87.6 Å². The molecular weight excluding hydrogens is 346 g/mol.